The molecule has 1 N–H and O–H groups in total. The average Bonchev–Trinajstić information content (AvgIpc) is 3.65. The fourth-order valence-corrected chi connectivity index (χ4v) is 5.43. The average molecular weight is 583 g/mol. The Labute approximate surface area is 240 Å². The molecule has 214 valence electrons. The Morgan fingerprint density at radius 3 is 2.41 bits per heavy atom. The minimum absolute atomic E-state index is 0.0636. The molecule has 0 bridgehead atoms. The van der Waals surface area contributed by atoms with E-state index in [0.29, 0.717) is 32.5 Å². The number of anilines is 1. The summed E-state index contributed by atoms with van der Waals surface area (Å²) >= 11 is 6.30. The molecule has 3 amide bonds. The molecule has 2 saturated heterocycles. The molecule has 0 radical (unpaired) electrons. The summed E-state index contributed by atoms with van der Waals surface area (Å²) in [5, 5.41) is 13.6. The number of aromatic nitrogens is 3. The fourth-order valence-electron chi connectivity index (χ4n) is 5.14. The van der Waals surface area contributed by atoms with Gasteiger partial charge in [0.25, 0.3) is 5.91 Å². The number of urea groups is 1. The van der Waals surface area contributed by atoms with Gasteiger partial charge in [-0.2, -0.15) is 9.67 Å². The van der Waals surface area contributed by atoms with Crippen LogP contribution in [0.1, 0.15) is 63.7 Å². The van der Waals surface area contributed by atoms with Gasteiger partial charge in [-0.3, -0.25) is 14.5 Å². The summed E-state index contributed by atoms with van der Waals surface area (Å²) in [5.74, 6) is -3.59. The number of carbonyl (C=O) groups excluding carboxylic acids is 3. The van der Waals surface area contributed by atoms with Crippen LogP contribution in [0.3, 0.4) is 0 Å². The highest BCUT2D eigenvalue weighted by atomic mass is 35.5. The maximum atomic E-state index is 13.7. The van der Waals surface area contributed by atoms with Crippen molar-refractivity contribution >= 4 is 41.4 Å². The second-order valence-electron chi connectivity index (χ2n) is 10.1. The Morgan fingerprint density at radius 1 is 1.05 bits per heavy atom. The molecule has 3 aromatic rings. The van der Waals surface area contributed by atoms with Gasteiger partial charge in [-0.15, -0.1) is 5.10 Å². The first kappa shape index (κ1) is 28.2. The van der Waals surface area contributed by atoms with Crippen molar-refractivity contribution in [2.75, 3.05) is 31.6 Å². The first-order chi connectivity index (χ1) is 19.7. The van der Waals surface area contributed by atoms with Crippen LogP contribution in [0.4, 0.5) is 15.1 Å². The molecule has 3 heterocycles. The van der Waals surface area contributed by atoms with E-state index in [4.69, 9.17) is 11.6 Å². The minimum Gasteiger partial charge on any atom is -0.478 e. The van der Waals surface area contributed by atoms with Crippen LogP contribution in [0.5, 0.6) is 0 Å². The number of carbonyl (C=O) groups is 4. The van der Waals surface area contributed by atoms with Gasteiger partial charge in [-0.1, -0.05) is 29.8 Å². The molecule has 0 saturated carbocycles. The molecule has 1 unspecified atom stereocenters. The third-order valence-electron chi connectivity index (χ3n) is 7.29. The number of amides is 3. The van der Waals surface area contributed by atoms with Gasteiger partial charge < -0.3 is 14.9 Å². The van der Waals surface area contributed by atoms with Gasteiger partial charge in [0, 0.05) is 33.2 Å². The van der Waals surface area contributed by atoms with Gasteiger partial charge in [-0.25, -0.2) is 14.0 Å². The third-order valence-corrected chi connectivity index (χ3v) is 7.70. The molecular weight excluding hydrogens is 555 g/mol. The van der Waals surface area contributed by atoms with Crippen molar-refractivity contribution in [2.24, 2.45) is 0 Å². The quantitative estimate of drug-likeness (QED) is 0.461. The fraction of sp³-hybridized carbons (Fsp3) is 0.357. The Kier molecular flexibility index (Phi) is 8.02. The summed E-state index contributed by atoms with van der Waals surface area (Å²) in [6.07, 6.45) is 2.71. The van der Waals surface area contributed by atoms with E-state index in [-0.39, 0.29) is 40.5 Å². The molecule has 2 aliphatic heterocycles. The largest absolute Gasteiger partial charge is 0.478 e. The zero-order valence-corrected chi connectivity index (χ0v) is 23.1. The van der Waals surface area contributed by atoms with Crippen molar-refractivity contribution in [3.63, 3.8) is 0 Å². The van der Waals surface area contributed by atoms with E-state index in [1.165, 1.54) is 35.2 Å². The molecule has 2 aliphatic rings. The van der Waals surface area contributed by atoms with E-state index in [2.05, 4.69) is 10.1 Å². The van der Waals surface area contributed by atoms with Crippen LogP contribution in [0, 0.1) is 5.82 Å². The van der Waals surface area contributed by atoms with Crippen LogP contribution in [0.2, 0.25) is 5.02 Å². The molecule has 1 aromatic heterocycles. The van der Waals surface area contributed by atoms with Crippen LogP contribution in [-0.4, -0.2) is 80.2 Å². The lowest BCUT2D eigenvalue weighted by atomic mass is 9.96. The van der Waals surface area contributed by atoms with E-state index < -0.39 is 29.5 Å². The standard InChI is InChI=1S/C28H28ClFN6O5/c1-33(16-17-9-11-18(30)12-10-17)27-31-23(21-8-5-15-35(24(21)37)28(41)34-13-2-3-14-34)32-36(27)25(38)19-6-4-7-20(22(19)29)26(39)40/h4,6-7,9-12,21H,2-3,5,8,13-16H2,1H3,(H,39,40). The maximum Gasteiger partial charge on any atom is 0.337 e. The lowest BCUT2D eigenvalue weighted by Gasteiger charge is -2.32. The van der Waals surface area contributed by atoms with E-state index in [1.54, 1.807) is 29.0 Å². The van der Waals surface area contributed by atoms with Crippen LogP contribution in [-0.2, 0) is 11.3 Å². The van der Waals surface area contributed by atoms with Gasteiger partial charge in [0.15, 0.2) is 5.82 Å². The van der Waals surface area contributed by atoms with Gasteiger partial charge in [0.05, 0.1) is 16.1 Å². The Morgan fingerprint density at radius 2 is 1.73 bits per heavy atom. The topological polar surface area (TPSA) is 129 Å². The molecule has 2 aromatic carbocycles. The normalized spacial score (nSPS) is 17.1. The number of piperidine rings is 1. The number of benzene rings is 2. The number of carboxylic acid groups (broad SMARTS) is 1. The van der Waals surface area contributed by atoms with Gasteiger partial charge in [0.1, 0.15) is 11.7 Å². The maximum absolute atomic E-state index is 13.7. The highest BCUT2D eigenvalue weighted by Crippen LogP contribution is 2.30. The number of halogens is 2. The predicted octanol–water partition coefficient (Wildman–Crippen LogP) is 4.02. The van der Waals surface area contributed by atoms with Crippen LogP contribution in [0.25, 0.3) is 0 Å². The van der Waals surface area contributed by atoms with Crippen LogP contribution in [0.15, 0.2) is 42.5 Å². The summed E-state index contributed by atoms with van der Waals surface area (Å²) in [7, 11) is 1.65. The van der Waals surface area contributed by atoms with Crippen LogP contribution < -0.4 is 4.90 Å². The number of hydrogen-bond acceptors (Lipinski definition) is 7. The molecule has 0 aliphatic carbocycles. The summed E-state index contributed by atoms with van der Waals surface area (Å²) in [5.41, 5.74) is 0.359. The van der Waals surface area contributed by atoms with E-state index in [1.807, 2.05) is 0 Å². The highest BCUT2D eigenvalue weighted by molar-refractivity contribution is 6.36. The minimum atomic E-state index is -1.30. The lowest BCUT2D eigenvalue weighted by molar-refractivity contribution is -0.132. The van der Waals surface area contributed by atoms with E-state index in [0.717, 1.165) is 23.1 Å². The van der Waals surface area contributed by atoms with Gasteiger partial charge in [0.2, 0.25) is 11.9 Å². The summed E-state index contributed by atoms with van der Waals surface area (Å²) in [4.78, 5) is 61.0. The highest BCUT2D eigenvalue weighted by Gasteiger charge is 2.39. The predicted molar refractivity (Wildman–Crippen MR) is 147 cm³/mol. The number of likely N-dealkylation sites (tertiary alicyclic amines) is 2. The first-order valence-corrected chi connectivity index (χ1v) is 13.6. The molecule has 0 spiro atoms. The van der Waals surface area contributed by atoms with Gasteiger partial charge in [-0.05, 0) is 55.5 Å². The molecule has 2 fully saturated rings. The van der Waals surface area contributed by atoms with E-state index >= 15 is 0 Å². The molecule has 13 heteroatoms. The smallest absolute Gasteiger partial charge is 0.337 e. The molecule has 1 atom stereocenters. The summed E-state index contributed by atoms with van der Waals surface area (Å²) < 4.78 is 14.4. The summed E-state index contributed by atoms with van der Waals surface area (Å²) in [6, 6.07) is 9.53. The van der Waals surface area contributed by atoms with Crippen molar-refractivity contribution in [1.82, 2.24) is 24.6 Å². The van der Waals surface area contributed by atoms with Crippen molar-refractivity contribution in [1.29, 1.82) is 0 Å². The SMILES string of the molecule is CN(Cc1ccc(F)cc1)c1nc(C2CCCN(C(=O)N3CCCC3)C2=O)nn1C(=O)c1cccc(C(=O)O)c1Cl. The molecule has 5 rings (SSSR count). The third kappa shape index (κ3) is 5.64. The molecule has 41 heavy (non-hydrogen) atoms. The van der Waals surface area contributed by atoms with Crippen molar-refractivity contribution < 1.29 is 28.7 Å². The number of imide groups is 1. The Balaban J connectivity index is 1.52. The zero-order valence-electron chi connectivity index (χ0n) is 22.3. The van der Waals surface area contributed by atoms with Crippen molar-refractivity contribution in [3.8, 4) is 0 Å². The van der Waals surface area contributed by atoms with Crippen molar-refractivity contribution in [2.45, 2.75) is 38.1 Å². The van der Waals surface area contributed by atoms with Gasteiger partial charge >= 0.3 is 12.0 Å². The molecule has 11 nitrogen and oxygen atoms in total. The Bertz CT molecular complexity index is 1500. The summed E-state index contributed by atoms with van der Waals surface area (Å²) in [6.45, 7) is 1.71. The number of nitrogens with zero attached hydrogens (tertiary/aromatic N) is 6. The lowest BCUT2D eigenvalue weighted by Crippen LogP contribution is -2.49. The van der Waals surface area contributed by atoms with Crippen LogP contribution >= 0.6 is 11.6 Å². The number of rotatable bonds is 6. The molecular formula is C28H28ClFN6O5. The Hall–Kier alpha value is -4.32. The monoisotopic (exact) mass is 582 g/mol. The van der Waals surface area contributed by atoms with Crippen molar-refractivity contribution in [3.05, 3.63) is 75.8 Å². The second kappa shape index (κ2) is 11.7. The number of aromatic carboxylic acids is 1. The number of carboxylic acids is 1. The second-order valence-corrected chi connectivity index (χ2v) is 10.5. The first-order valence-electron chi connectivity index (χ1n) is 13.2. The number of hydrogen-bond donors (Lipinski definition) is 1. The van der Waals surface area contributed by atoms with E-state index in [9.17, 15) is 28.7 Å². The zero-order chi connectivity index (χ0) is 29.3.